The molecule has 1 atom stereocenters. The maximum atomic E-state index is 13.6. The van der Waals surface area contributed by atoms with Crippen molar-refractivity contribution in [3.05, 3.63) is 28.3 Å². The SMILES string of the molecule is COc1c(C(N)CCC(=O)O)cc(F)c(Cl)c1F. The molecule has 1 unspecified atom stereocenters. The number of benzene rings is 1. The van der Waals surface area contributed by atoms with Crippen molar-refractivity contribution < 1.29 is 23.4 Å². The molecule has 0 amide bonds. The van der Waals surface area contributed by atoms with Crippen molar-refractivity contribution in [2.75, 3.05) is 7.11 Å². The highest BCUT2D eigenvalue weighted by Gasteiger charge is 2.22. The highest BCUT2D eigenvalue weighted by molar-refractivity contribution is 6.31. The summed E-state index contributed by atoms with van der Waals surface area (Å²) in [6.45, 7) is 0. The molecule has 0 fully saturated rings. The Morgan fingerprint density at radius 3 is 2.72 bits per heavy atom. The first-order chi connectivity index (χ1) is 8.38. The molecule has 0 aliphatic rings. The Hall–Kier alpha value is -1.40. The summed E-state index contributed by atoms with van der Waals surface area (Å²) in [5.41, 5.74) is 5.74. The number of carboxylic acids is 1. The van der Waals surface area contributed by atoms with Gasteiger partial charge in [0.2, 0.25) is 0 Å². The number of carboxylic acid groups (broad SMARTS) is 1. The molecule has 1 aromatic rings. The number of halogens is 3. The van der Waals surface area contributed by atoms with Gasteiger partial charge < -0.3 is 15.6 Å². The van der Waals surface area contributed by atoms with Crippen molar-refractivity contribution in [3.63, 3.8) is 0 Å². The summed E-state index contributed by atoms with van der Waals surface area (Å²) >= 11 is 5.40. The van der Waals surface area contributed by atoms with Crippen LogP contribution in [0.2, 0.25) is 5.02 Å². The molecule has 0 heterocycles. The molecule has 0 radical (unpaired) electrons. The molecule has 0 aliphatic carbocycles. The molecule has 0 saturated carbocycles. The average Bonchev–Trinajstić information content (AvgIpc) is 2.32. The number of nitrogens with two attached hydrogens (primary N) is 1. The number of ether oxygens (including phenoxy) is 1. The van der Waals surface area contributed by atoms with Gasteiger partial charge in [-0.15, -0.1) is 0 Å². The minimum absolute atomic E-state index is 0.0339. The summed E-state index contributed by atoms with van der Waals surface area (Å²) in [7, 11) is 1.19. The van der Waals surface area contributed by atoms with E-state index in [1.807, 2.05) is 0 Å². The Bertz CT molecular complexity index is 468. The van der Waals surface area contributed by atoms with Crippen LogP contribution >= 0.6 is 11.6 Å². The number of carbonyl (C=O) groups is 1. The average molecular weight is 280 g/mol. The fourth-order valence-electron chi connectivity index (χ4n) is 1.51. The first kappa shape index (κ1) is 14.7. The Balaban J connectivity index is 3.11. The van der Waals surface area contributed by atoms with Gasteiger partial charge in [0.15, 0.2) is 11.6 Å². The third kappa shape index (κ3) is 3.08. The first-order valence-electron chi connectivity index (χ1n) is 5.07. The van der Waals surface area contributed by atoms with E-state index < -0.39 is 28.7 Å². The number of aliphatic carboxylic acids is 1. The lowest BCUT2D eigenvalue weighted by atomic mass is 10.0. The lowest BCUT2D eigenvalue weighted by molar-refractivity contribution is -0.137. The van der Waals surface area contributed by atoms with E-state index >= 15 is 0 Å². The second-order valence-corrected chi connectivity index (χ2v) is 4.03. The Morgan fingerprint density at radius 1 is 1.61 bits per heavy atom. The maximum Gasteiger partial charge on any atom is 0.303 e. The largest absolute Gasteiger partial charge is 0.493 e. The van der Waals surface area contributed by atoms with Crippen LogP contribution in [-0.4, -0.2) is 18.2 Å². The van der Waals surface area contributed by atoms with Gasteiger partial charge in [0, 0.05) is 18.0 Å². The van der Waals surface area contributed by atoms with Crippen LogP contribution in [0.3, 0.4) is 0 Å². The number of hydrogen-bond acceptors (Lipinski definition) is 3. The zero-order chi connectivity index (χ0) is 13.9. The van der Waals surface area contributed by atoms with Gasteiger partial charge in [0.1, 0.15) is 10.8 Å². The van der Waals surface area contributed by atoms with Crippen LogP contribution < -0.4 is 10.5 Å². The van der Waals surface area contributed by atoms with Gasteiger partial charge >= 0.3 is 5.97 Å². The van der Waals surface area contributed by atoms with Gasteiger partial charge in [-0.2, -0.15) is 0 Å². The molecule has 3 N–H and O–H groups in total. The van der Waals surface area contributed by atoms with E-state index in [0.717, 1.165) is 6.07 Å². The highest BCUT2D eigenvalue weighted by Crippen LogP contribution is 2.35. The molecule has 4 nitrogen and oxygen atoms in total. The summed E-state index contributed by atoms with van der Waals surface area (Å²) in [6.07, 6.45) is -0.178. The smallest absolute Gasteiger partial charge is 0.303 e. The molecule has 0 spiro atoms. The van der Waals surface area contributed by atoms with Crippen LogP contribution in [0.1, 0.15) is 24.4 Å². The Kier molecular flexibility index (Phi) is 4.86. The fraction of sp³-hybridized carbons (Fsp3) is 0.364. The van der Waals surface area contributed by atoms with Crippen LogP contribution in [0, 0.1) is 11.6 Å². The summed E-state index contributed by atoms with van der Waals surface area (Å²) in [5, 5.41) is 7.85. The fourth-order valence-corrected chi connectivity index (χ4v) is 1.65. The third-order valence-corrected chi connectivity index (χ3v) is 2.77. The van der Waals surface area contributed by atoms with Crippen molar-refractivity contribution in [2.45, 2.75) is 18.9 Å². The molecular weight excluding hydrogens is 268 g/mol. The predicted octanol–water partition coefficient (Wildman–Crippen LogP) is 2.49. The van der Waals surface area contributed by atoms with E-state index in [1.165, 1.54) is 7.11 Å². The molecule has 1 rings (SSSR count). The predicted molar refractivity (Wildman–Crippen MR) is 61.7 cm³/mol. The van der Waals surface area contributed by atoms with Gasteiger partial charge in [-0.05, 0) is 12.5 Å². The Labute approximate surface area is 107 Å². The number of hydrogen-bond donors (Lipinski definition) is 2. The zero-order valence-electron chi connectivity index (χ0n) is 9.54. The van der Waals surface area contributed by atoms with Gasteiger partial charge in [-0.1, -0.05) is 11.6 Å². The maximum absolute atomic E-state index is 13.6. The van der Waals surface area contributed by atoms with Gasteiger partial charge in [-0.25, -0.2) is 8.78 Å². The zero-order valence-corrected chi connectivity index (χ0v) is 10.3. The van der Waals surface area contributed by atoms with Gasteiger partial charge in [0.25, 0.3) is 0 Å². The monoisotopic (exact) mass is 279 g/mol. The minimum atomic E-state index is -1.04. The van der Waals surface area contributed by atoms with Crippen LogP contribution in [0.15, 0.2) is 6.07 Å². The summed E-state index contributed by atoms with van der Waals surface area (Å²) in [5.74, 6) is -3.31. The molecule has 7 heteroatoms. The van der Waals surface area contributed by atoms with E-state index in [9.17, 15) is 13.6 Å². The number of rotatable bonds is 5. The van der Waals surface area contributed by atoms with Crippen molar-refractivity contribution >= 4 is 17.6 Å². The first-order valence-corrected chi connectivity index (χ1v) is 5.45. The highest BCUT2D eigenvalue weighted by atomic mass is 35.5. The van der Waals surface area contributed by atoms with Crippen molar-refractivity contribution in [1.82, 2.24) is 0 Å². The Morgan fingerprint density at radius 2 is 2.22 bits per heavy atom. The van der Waals surface area contributed by atoms with E-state index in [0.29, 0.717) is 0 Å². The number of methoxy groups -OCH3 is 1. The van der Waals surface area contributed by atoms with Crippen molar-refractivity contribution in [1.29, 1.82) is 0 Å². The van der Waals surface area contributed by atoms with E-state index in [1.54, 1.807) is 0 Å². The van der Waals surface area contributed by atoms with Gasteiger partial charge in [-0.3, -0.25) is 4.79 Å². The van der Waals surface area contributed by atoms with Crippen LogP contribution in [0.25, 0.3) is 0 Å². The lowest BCUT2D eigenvalue weighted by Crippen LogP contribution is -2.14. The molecule has 0 aromatic heterocycles. The third-order valence-electron chi connectivity index (χ3n) is 2.42. The summed E-state index contributed by atoms with van der Waals surface area (Å²) in [4.78, 5) is 10.4. The van der Waals surface area contributed by atoms with Crippen LogP contribution in [0.5, 0.6) is 5.75 Å². The molecule has 18 heavy (non-hydrogen) atoms. The standard InChI is InChI=1S/C11H12ClF2NO3/c1-18-11-5(7(15)2-3-8(16)17)4-6(13)9(12)10(11)14/h4,7H,2-3,15H2,1H3,(H,16,17). The lowest BCUT2D eigenvalue weighted by Gasteiger charge is -2.16. The van der Waals surface area contributed by atoms with E-state index in [4.69, 9.17) is 27.2 Å². The normalized spacial score (nSPS) is 12.3. The molecule has 100 valence electrons. The van der Waals surface area contributed by atoms with E-state index in [2.05, 4.69) is 0 Å². The van der Waals surface area contributed by atoms with Crippen LogP contribution in [0.4, 0.5) is 8.78 Å². The minimum Gasteiger partial charge on any atom is -0.493 e. The second kappa shape index (κ2) is 5.97. The van der Waals surface area contributed by atoms with Crippen molar-refractivity contribution in [3.8, 4) is 5.75 Å². The van der Waals surface area contributed by atoms with E-state index in [-0.39, 0.29) is 24.2 Å². The molecular formula is C11H12ClF2NO3. The second-order valence-electron chi connectivity index (χ2n) is 3.65. The quantitative estimate of drug-likeness (QED) is 0.812. The molecule has 0 aliphatic heterocycles. The molecule has 0 saturated heterocycles. The van der Waals surface area contributed by atoms with Crippen LogP contribution in [-0.2, 0) is 4.79 Å². The topological polar surface area (TPSA) is 72.5 Å². The molecule has 1 aromatic carbocycles. The van der Waals surface area contributed by atoms with Crippen molar-refractivity contribution in [2.24, 2.45) is 5.73 Å². The summed E-state index contributed by atoms with van der Waals surface area (Å²) in [6, 6.07) is 0.105. The summed E-state index contributed by atoms with van der Waals surface area (Å²) < 4.78 is 31.7. The molecule has 0 bridgehead atoms. The van der Waals surface area contributed by atoms with Gasteiger partial charge in [0.05, 0.1) is 7.11 Å².